The van der Waals surface area contributed by atoms with E-state index in [4.69, 9.17) is 23.4 Å². The van der Waals surface area contributed by atoms with Crippen LogP contribution < -0.4 is 19.6 Å². The fraction of sp³-hybridized carbons (Fsp3) is 0.500. The van der Waals surface area contributed by atoms with Crippen LogP contribution in [0, 0.1) is 0 Å². The lowest BCUT2D eigenvalue weighted by Crippen LogP contribution is -2.61. The Morgan fingerprint density at radius 1 is 0.889 bits per heavy atom. The number of benzene rings is 2. The summed E-state index contributed by atoms with van der Waals surface area (Å²) in [6.45, 7) is 0. The Kier molecular flexibility index (Phi) is 8.63. The molecule has 0 unspecified atom stereocenters. The molecule has 1 aliphatic heterocycles. The number of fused-ring (bicyclic) bond motifs is 1. The van der Waals surface area contributed by atoms with Crippen molar-refractivity contribution < 1.29 is 58.8 Å². The summed E-state index contributed by atoms with van der Waals surface area (Å²) in [7, 11) is 0. The highest BCUT2D eigenvalue weighted by Crippen LogP contribution is 2.46. The maximum Gasteiger partial charge on any atom is 0.335 e. The summed E-state index contributed by atoms with van der Waals surface area (Å²) in [6, 6.07) is 9.39. The number of hydrogen-bond acceptors (Lipinski definition) is 12. The summed E-state index contributed by atoms with van der Waals surface area (Å²) in [5, 5.41) is 62.6. The van der Waals surface area contributed by atoms with Crippen molar-refractivity contribution in [1.29, 1.82) is 0 Å². The lowest BCUT2D eigenvalue weighted by atomic mass is 9.94. The maximum atomic E-state index is 13.4. The average molecular weight is 629 g/mol. The molecular weight excluding hydrogens is 592 g/mol. The van der Waals surface area contributed by atoms with E-state index in [0.29, 0.717) is 24.2 Å². The molecule has 0 amide bonds. The molecule has 2 aliphatic carbocycles. The molecule has 13 nitrogen and oxygen atoms in total. The second kappa shape index (κ2) is 12.5. The molecule has 2 aromatic carbocycles. The number of carboxylic acid groups (broad SMARTS) is 1. The Morgan fingerprint density at radius 2 is 1.58 bits per heavy atom. The van der Waals surface area contributed by atoms with Gasteiger partial charge in [0.25, 0.3) is 0 Å². The van der Waals surface area contributed by atoms with Gasteiger partial charge in [-0.1, -0.05) is 6.42 Å². The Morgan fingerprint density at radius 3 is 2.24 bits per heavy atom. The van der Waals surface area contributed by atoms with Crippen LogP contribution in [0.25, 0.3) is 22.3 Å². The van der Waals surface area contributed by atoms with Crippen LogP contribution in [0.4, 0.5) is 0 Å². The van der Waals surface area contributed by atoms with Crippen molar-refractivity contribution in [1.82, 2.24) is 0 Å². The van der Waals surface area contributed by atoms with Crippen LogP contribution >= 0.6 is 0 Å². The third kappa shape index (κ3) is 6.31. The molecule has 5 atom stereocenters. The molecule has 1 aromatic heterocycles. The predicted octanol–water partition coefficient (Wildman–Crippen LogP) is 2.79. The summed E-state index contributed by atoms with van der Waals surface area (Å²) in [5.41, 5.74) is -0.237. The predicted molar refractivity (Wildman–Crippen MR) is 156 cm³/mol. The van der Waals surface area contributed by atoms with Gasteiger partial charge in [-0.2, -0.15) is 0 Å². The Hall–Kier alpha value is -3.88. The smallest absolute Gasteiger partial charge is 0.335 e. The molecule has 242 valence electrons. The molecule has 2 saturated carbocycles. The van der Waals surface area contributed by atoms with Crippen LogP contribution in [-0.4, -0.2) is 79.2 Å². The van der Waals surface area contributed by atoms with Crippen LogP contribution in [0.2, 0.25) is 0 Å². The quantitative estimate of drug-likeness (QED) is 0.199. The van der Waals surface area contributed by atoms with Gasteiger partial charge in [0.05, 0.1) is 6.10 Å². The first kappa shape index (κ1) is 31.1. The first-order valence-corrected chi connectivity index (χ1v) is 15.1. The van der Waals surface area contributed by atoms with Gasteiger partial charge in [-0.3, -0.25) is 4.79 Å². The van der Waals surface area contributed by atoms with Crippen LogP contribution in [0.1, 0.15) is 57.8 Å². The van der Waals surface area contributed by atoms with Gasteiger partial charge in [0, 0.05) is 30.5 Å². The number of hydrogen-bond donors (Lipinski definition) is 6. The zero-order chi connectivity index (χ0) is 31.9. The number of phenols is 1. The molecule has 45 heavy (non-hydrogen) atoms. The van der Waals surface area contributed by atoms with E-state index in [9.17, 15) is 40.2 Å². The van der Waals surface area contributed by atoms with Crippen molar-refractivity contribution in [3.05, 3.63) is 46.6 Å². The minimum absolute atomic E-state index is 0.153. The maximum absolute atomic E-state index is 13.4. The Balaban J connectivity index is 1.39. The van der Waals surface area contributed by atoms with Crippen molar-refractivity contribution in [2.75, 3.05) is 0 Å². The Bertz CT molecular complexity index is 1590. The van der Waals surface area contributed by atoms with Gasteiger partial charge < -0.3 is 54.0 Å². The normalized spacial score (nSPS) is 26.9. The Labute approximate surface area is 257 Å². The monoisotopic (exact) mass is 628 g/mol. The number of aromatic hydroxyl groups is 1. The average Bonchev–Trinajstić information content (AvgIpc) is 3.52. The fourth-order valence-electron chi connectivity index (χ4n) is 6.16. The molecular formula is C32H36O13. The SMILES string of the molecule is O=C(O)[C@H]1O[C@@H](Oc2cc3oc(-c4ccc(OC5CCCC5)cc4)cc(=O)c3c(O)c2OC2(O)CCCCC2)[C@H](O)[C@H](O)[C@@H]1O. The van der Waals surface area contributed by atoms with E-state index < -0.39 is 59.4 Å². The summed E-state index contributed by atoms with van der Waals surface area (Å²) < 4.78 is 28.9. The van der Waals surface area contributed by atoms with E-state index in [-0.39, 0.29) is 41.4 Å². The molecule has 6 N–H and O–H groups in total. The summed E-state index contributed by atoms with van der Waals surface area (Å²) in [4.78, 5) is 25.0. The van der Waals surface area contributed by atoms with Gasteiger partial charge in [0.1, 0.15) is 40.8 Å². The van der Waals surface area contributed by atoms with E-state index in [2.05, 4.69) is 0 Å². The van der Waals surface area contributed by atoms with Crippen LogP contribution in [0.3, 0.4) is 0 Å². The van der Waals surface area contributed by atoms with Crippen LogP contribution in [0.5, 0.6) is 23.0 Å². The number of ether oxygens (including phenoxy) is 4. The van der Waals surface area contributed by atoms with Crippen LogP contribution in [0.15, 0.2) is 45.6 Å². The van der Waals surface area contributed by atoms with Gasteiger partial charge in [0.15, 0.2) is 23.0 Å². The second-order valence-corrected chi connectivity index (χ2v) is 11.9. The van der Waals surface area contributed by atoms with E-state index in [0.717, 1.165) is 32.1 Å². The minimum Gasteiger partial charge on any atom is -0.504 e. The molecule has 1 saturated heterocycles. The number of carboxylic acids is 1. The number of rotatable bonds is 8. The second-order valence-electron chi connectivity index (χ2n) is 11.9. The topological polar surface area (TPSA) is 206 Å². The largest absolute Gasteiger partial charge is 0.504 e. The van der Waals surface area contributed by atoms with E-state index in [1.54, 1.807) is 24.3 Å². The third-order valence-electron chi connectivity index (χ3n) is 8.64. The van der Waals surface area contributed by atoms with E-state index in [1.165, 1.54) is 12.1 Å². The van der Waals surface area contributed by atoms with Crippen LogP contribution in [-0.2, 0) is 9.53 Å². The highest BCUT2D eigenvalue weighted by molar-refractivity contribution is 5.89. The summed E-state index contributed by atoms with van der Waals surface area (Å²) in [6.07, 6.45) is -2.71. The van der Waals surface area contributed by atoms with Crippen molar-refractivity contribution in [2.45, 2.75) is 100 Å². The van der Waals surface area contributed by atoms with Gasteiger partial charge >= 0.3 is 5.97 Å². The molecule has 3 aromatic rings. The van der Waals surface area contributed by atoms with Crippen molar-refractivity contribution in [3.8, 4) is 34.3 Å². The molecule has 0 bridgehead atoms. The number of carbonyl (C=O) groups is 1. The highest BCUT2D eigenvalue weighted by atomic mass is 16.7. The first-order chi connectivity index (χ1) is 21.5. The lowest BCUT2D eigenvalue weighted by Gasteiger charge is -2.39. The molecule has 3 aliphatic rings. The van der Waals surface area contributed by atoms with Gasteiger partial charge in [-0.25, -0.2) is 4.79 Å². The zero-order valence-electron chi connectivity index (χ0n) is 24.3. The molecule has 0 spiro atoms. The number of aliphatic hydroxyl groups is 4. The van der Waals surface area contributed by atoms with Gasteiger partial charge in [0.2, 0.25) is 17.8 Å². The fourth-order valence-corrected chi connectivity index (χ4v) is 6.16. The molecule has 6 rings (SSSR count). The lowest BCUT2D eigenvalue weighted by molar-refractivity contribution is -0.271. The van der Waals surface area contributed by atoms with Gasteiger partial charge in [-0.15, -0.1) is 0 Å². The molecule has 13 heteroatoms. The van der Waals surface area contributed by atoms with E-state index >= 15 is 0 Å². The van der Waals surface area contributed by atoms with Crippen molar-refractivity contribution in [2.24, 2.45) is 0 Å². The molecule has 2 heterocycles. The number of phenolic OH excluding ortho intramolecular Hbond substituents is 1. The number of aliphatic hydroxyl groups excluding tert-OH is 3. The third-order valence-corrected chi connectivity index (χ3v) is 8.64. The summed E-state index contributed by atoms with van der Waals surface area (Å²) in [5.74, 6) is -4.07. The molecule has 0 radical (unpaired) electrons. The minimum atomic E-state index is -1.96. The number of aliphatic carboxylic acids is 1. The van der Waals surface area contributed by atoms with Crippen molar-refractivity contribution in [3.63, 3.8) is 0 Å². The molecule has 3 fully saturated rings. The van der Waals surface area contributed by atoms with Crippen molar-refractivity contribution >= 4 is 16.9 Å². The zero-order valence-corrected chi connectivity index (χ0v) is 24.3. The van der Waals surface area contributed by atoms with E-state index in [1.807, 2.05) is 0 Å². The summed E-state index contributed by atoms with van der Waals surface area (Å²) >= 11 is 0. The standard InChI is InChI=1S/C32H36O13/c33-19-14-20(16-8-10-18(11-9-16)41-17-6-2-3-7-17)42-21-15-22(43-31-27(37)25(35)26(36)29(44-31)30(38)39)28(24(34)23(19)21)45-32(40)12-4-1-5-13-32/h8-11,14-15,17,25-27,29,31,34-37,40H,1-7,12-13H2,(H,38,39)/t25-,26+,27-,29+,31-/m1/s1. The highest BCUT2D eigenvalue weighted by Gasteiger charge is 2.48. The first-order valence-electron chi connectivity index (χ1n) is 15.1. The van der Waals surface area contributed by atoms with Gasteiger partial charge in [-0.05, 0) is 62.8 Å².